The molecule has 24 heavy (non-hydrogen) atoms. The van der Waals surface area contributed by atoms with Crippen molar-refractivity contribution in [3.05, 3.63) is 28.0 Å². The number of methoxy groups -OCH3 is 2. The molecule has 2 bridgehead atoms. The maximum Gasteiger partial charge on any atom is 0.311 e. The van der Waals surface area contributed by atoms with Gasteiger partial charge in [0.2, 0.25) is 0 Å². The van der Waals surface area contributed by atoms with Crippen LogP contribution < -0.4 is 10.1 Å². The number of carbonyl (C=O) groups is 2. The molecule has 2 aliphatic carbocycles. The first-order valence-electron chi connectivity index (χ1n) is 7.88. The van der Waals surface area contributed by atoms with E-state index in [1.54, 1.807) is 0 Å². The van der Waals surface area contributed by atoms with Crippen LogP contribution in [0, 0.1) is 23.6 Å². The minimum Gasteiger partial charge on any atom is -0.496 e. The number of halogens is 2. The van der Waals surface area contributed by atoms with Crippen LogP contribution in [0.3, 0.4) is 0 Å². The van der Waals surface area contributed by atoms with E-state index in [1.807, 2.05) is 0 Å². The molecule has 1 amide bonds. The zero-order chi connectivity index (χ0) is 17.4. The Bertz CT molecular complexity index is 681. The first-order chi connectivity index (χ1) is 11.5. The topological polar surface area (TPSA) is 64.6 Å². The van der Waals surface area contributed by atoms with E-state index in [2.05, 4.69) is 21.2 Å². The van der Waals surface area contributed by atoms with Gasteiger partial charge in [0.15, 0.2) is 0 Å². The van der Waals surface area contributed by atoms with Gasteiger partial charge in [-0.1, -0.05) is 0 Å². The molecule has 0 spiro atoms. The summed E-state index contributed by atoms with van der Waals surface area (Å²) in [6, 6.07) is 2.30. The van der Waals surface area contributed by atoms with Crippen molar-refractivity contribution in [1.29, 1.82) is 0 Å². The number of ether oxygens (including phenoxy) is 2. The van der Waals surface area contributed by atoms with E-state index in [0.717, 1.165) is 25.3 Å². The van der Waals surface area contributed by atoms with E-state index in [9.17, 15) is 14.0 Å². The van der Waals surface area contributed by atoms with Crippen LogP contribution >= 0.6 is 15.9 Å². The van der Waals surface area contributed by atoms with E-state index < -0.39 is 5.82 Å². The Balaban J connectivity index is 1.84. The van der Waals surface area contributed by atoms with Crippen molar-refractivity contribution < 1.29 is 23.5 Å². The highest BCUT2D eigenvalue weighted by Gasteiger charge is 2.52. The van der Waals surface area contributed by atoms with Crippen LogP contribution in [0.2, 0.25) is 0 Å². The van der Waals surface area contributed by atoms with Crippen LogP contribution in [0.5, 0.6) is 5.75 Å². The Morgan fingerprint density at radius 3 is 2.62 bits per heavy atom. The SMILES string of the molecule is COC(=O)C1C2CCC(C2)C1NC(=O)c1cc(Br)c(F)cc1OC. The molecule has 0 radical (unpaired) electrons. The Labute approximate surface area is 148 Å². The summed E-state index contributed by atoms with van der Waals surface area (Å²) in [5.74, 6) is -0.777. The Morgan fingerprint density at radius 1 is 1.25 bits per heavy atom. The lowest BCUT2D eigenvalue weighted by Gasteiger charge is -2.30. The average molecular weight is 400 g/mol. The van der Waals surface area contributed by atoms with Gasteiger partial charge in [0, 0.05) is 12.1 Å². The summed E-state index contributed by atoms with van der Waals surface area (Å²) in [6.07, 6.45) is 2.91. The summed E-state index contributed by atoms with van der Waals surface area (Å²) in [7, 11) is 2.75. The molecule has 0 heterocycles. The molecule has 2 saturated carbocycles. The molecule has 4 atom stereocenters. The van der Waals surface area contributed by atoms with Crippen molar-refractivity contribution >= 4 is 27.8 Å². The molecular formula is C17H19BrFNO4. The van der Waals surface area contributed by atoms with Gasteiger partial charge in [-0.05, 0) is 53.1 Å². The van der Waals surface area contributed by atoms with Crippen LogP contribution in [0.25, 0.3) is 0 Å². The number of nitrogens with one attached hydrogen (secondary N) is 1. The number of hydrogen-bond acceptors (Lipinski definition) is 4. The predicted molar refractivity (Wildman–Crippen MR) is 88.2 cm³/mol. The van der Waals surface area contributed by atoms with E-state index in [4.69, 9.17) is 9.47 Å². The number of amides is 1. The normalized spacial score (nSPS) is 27.8. The molecule has 0 aliphatic heterocycles. The molecule has 2 fully saturated rings. The van der Waals surface area contributed by atoms with Crippen molar-refractivity contribution in [2.75, 3.05) is 14.2 Å². The van der Waals surface area contributed by atoms with Gasteiger partial charge in [-0.25, -0.2) is 4.39 Å². The lowest BCUT2D eigenvalue weighted by molar-refractivity contribution is -0.148. The van der Waals surface area contributed by atoms with Crippen LogP contribution in [-0.4, -0.2) is 32.1 Å². The van der Waals surface area contributed by atoms with Gasteiger partial charge in [-0.3, -0.25) is 9.59 Å². The minimum atomic E-state index is -0.504. The molecule has 0 saturated heterocycles. The molecule has 130 valence electrons. The maximum atomic E-state index is 13.6. The van der Waals surface area contributed by atoms with Gasteiger partial charge in [-0.2, -0.15) is 0 Å². The van der Waals surface area contributed by atoms with Crippen molar-refractivity contribution in [2.24, 2.45) is 17.8 Å². The van der Waals surface area contributed by atoms with Crippen molar-refractivity contribution in [2.45, 2.75) is 25.3 Å². The third-order valence-corrected chi connectivity index (χ3v) is 5.78. The highest BCUT2D eigenvalue weighted by atomic mass is 79.9. The molecule has 1 N–H and O–H groups in total. The van der Waals surface area contributed by atoms with E-state index in [1.165, 1.54) is 20.3 Å². The molecular weight excluding hydrogens is 381 g/mol. The zero-order valence-electron chi connectivity index (χ0n) is 13.5. The van der Waals surface area contributed by atoms with Crippen LogP contribution in [0.1, 0.15) is 29.6 Å². The van der Waals surface area contributed by atoms with Gasteiger partial charge in [0.1, 0.15) is 11.6 Å². The number of benzene rings is 1. The molecule has 2 aliphatic rings. The smallest absolute Gasteiger partial charge is 0.311 e. The van der Waals surface area contributed by atoms with Crippen LogP contribution in [0.4, 0.5) is 4.39 Å². The Kier molecular flexibility index (Phi) is 4.80. The van der Waals surface area contributed by atoms with E-state index in [-0.39, 0.29) is 51.5 Å². The van der Waals surface area contributed by atoms with E-state index in [0.29, 0.717) is 0 Å². The zero-order valence-corrected chi connectivity index (χ0v) is 15.1. The maximum absolute atomic E-state index is 13.6. The van der Waals surface area contributed by atoms with Gasteiger partial charge in [0.05, 0.1) is 30.2 Å². The second-order valence-corrected chi connectivity index (χ2v) is 7.20. The second kappa shape index (κ2) is 6.70. The monoisotopic (exact) mass is 399 g/mol. The number of esters is 1. The largest absolute Gasteiger partial charge is 0.496 e. The van der Waals surface area contributed by atoms with Gasteiger partial charge >= 0.3 is 5.97 Å². The molecule has 1 aromatic rings. The summed E-state index contributed by atoms with van der Waals surface area (Å²) in [6.45, 7) is 0. The first kappa shape index (κ1) is 17.2. The number of hydrogen-bond donors (Lipinski definition) is 1. The Morgan fingerprint density at radius 2 is 1.96 bits per heavy atom. The quantitative estimate of drug-likeness (QED) is 0.790. The standard InChI is InChI=1S/C17H19BrFNO4/c1-23-13-7-12(19)11(18)6-10(13)16(21)20-15-9-4-3-8(5-9)14(15)17(22)24-2/h6-9,14-15H,3-5H2,1-2H3,(H,20,21). The third-order valence-electron chi connectivity index (χ3n) is 5.17. The van der Waals surface area contributed by atoms with Crippen molar-refractivity contribution in [3.63, 3.8) is 0 Å². The lowest BCUT2D eigenvalue weighted by Crippen LogP contribution is -2.47. The Hall–Kier alpha value is -1.63. The number of rotatable bonds is 4. The number of fused-ring (bicyclic) bond motifs is 2. The van der Waals surface area contributed by atoms with Crippen molar-refractivity contribution in [3.8, 4) is 5.75 Å². The highest BCUT2D eigenvalue weighted by molar-refractivity contribution is 9.10. The fourth-order valence-electron chi connectivity index (χ4n) is 4.08. The predicted octanol–water partition coefficient (Wildman–Crippen LogP) is 2.91. The summed E-state index contributed by atoms with van der Waals surface area (Å²) in [5, 5.41) is 2.95. The van der Waals surface area contributed by atoms with Crippen LogP contribution in [0.15, 0.2) is 16.6 Å². The van der Waals surface area contributed by atoms with Gasteiger partial charge in [-0.15, -0.1) is 0 Å². The third kappa shape index (κ3) is 2.90. The molecule has 5 nitrogen and oxygen atoms in total. The molecule has 4 unspecified atom stereocenters. The fraction of sp³-hybridized carbons (Fsp3) is 0.529. The highest BCUT2D eigenvalue weighted by Crippen LogP contribution is 2.49. The summed E-state index contributed by atoms with van der Waals surface area (Å²) in [4.78, 5) is 24.8. The van der Waals surface area contributed by atoms with Crippen molar-refractivity contribution in [1.82, 2.24) is 5.32 Å². The average Bonchev–Trinajstić information content (AvgIpc) is 3.17. The minimum absolute atomic E-state index is 0.158. The van der Waals surface area contributed by atoms with Gasteiger partial charge < -0.3 is 14.8 Å². The van der Waals surface area contributed by atoms with Gasteiger partial charge in [0.25, 0.3) is 5.91 Å². The summed E-state index contributed by atoms with van der Waals surface area (Å²) < 4.78 is 23.8. The molecule has 7 heteroatoms. The lowest BCUT2D eigenvalue weighted by atomic mass is 9.84. The fourth-order valence-corrected chi connectivity index (χ4v) is 4.42. The molecule has 0 aromatic heterocycles. The number of carbonyl (C=O) groups excluding carboxylic acids is 2. The van der Waals surface area contributed by atoms with Crippen LogP contribution in [-0.2, 0) is 9.53 Å². The first-order valence-corrected chi connectivity index (χ1v) is 8.67. The molecule has 3 rings (SSSR count). The second-order valence-electron chi connectivity index (χ2n) is 6.35. The summed E-state index contributed by atoms with van der Waals surface area (Å²) >= 11 is 3.08. The molecule has 1 aromatic carbocycles. The van der Waals surface area contributed by atoms with E-state index >= 15 is 0 Å². The summed E-state index contributed by atoms with van der Waals surface area (Å²) in [5.41, 5.74) is 0.233.